The summed E-state index contributed by atoms with van der Waals surface area (Å²) in [5.41, 5.74) is 1.76. The van der Waals surface area contributed by atoms with E-state index < -0.39 is 5.97 Å². The quantitative estimate of drug-likeness (QED) is 0.831. The first kappa shape index (κ1) is 11.7. The first-order chi connectivity index (χ1) is 8.22. The van der Waals surface area contributed by atoms with Crippen LogP contribution in [0.3, 0.4) is 0 Å². The maximum absolute atomic E-state index is 10.9. The zero-order valence-corrected chi connectivity index (χ0v) is 9.64. The number of likely N-dealkylation sites (N-methyl/N-ethyl adjacent to an activating group) is 1. The molecule has 0 aliphatic heterocycles. The fourth-order valence-electron chi connectivity index (χ4n) is 2.06. The Morgan fingerprint density at radius 2 is 2.24 bits per heavy atom. The maximum Gasteiger partial charge on any atom is 0.304 e. The van der Waals surface area contributed by atoms with Crippen molar-refractivity contribution in [2.75, 3.05) is 13.6 Å². The molecule has 1 atom stereocenters. The molecule has 1 unspecified atom stereocenters. The summed E-state index contributed by atoms with van der Waals surface area (Å²) in [6, 6.07) is 7.67. The van der Waals surface area contributed by atoms with E-state index in [0.29, 0.717) is 6.54 Å². The Hall–Kier alpha value is -1.81. The first-order valence-electron chi connectivity index (χ1n) is 5.55. The summed E-state index contributed by atoms with van der Waals surface area (Å²) < 4.78 is 5.44. The Balaban J connectivity index is 2.37. The first-order valence-corrected chi connectivity index (χ1v) is 5.55. The summed E-state index contributed by atoms with van der Waals surface area (Å²) in [7, 11) is 1.82. The van der Waals surface area contributed by atoms with Gasteiger partial charge in [-0.2, -0.15) is 0 Å². The average molecular weight is 233 g/mol. The van der Waals surface area contributed by atoms with Gasteiger partial charge in [0, 0.05) is 23.4 Å². The van der Waals surface area contributed by atoms with E-state index in [2.05, 4.69) is 5.32 Å². The Bertz CT molecular complexity index is 518. The van der Waals surface area contributed by atoms with Gasteiger partial charge in [-0.25, -0.2) is 0 Å². The van der Waals surface area contributed by atoms with Crippen LogP contribution in [0.1, 0.15) is 17.9 Å². The number of para-hydroxylation sites is 1. The molecule has 2 rings (SSSR count). The van der Waals surface area contributed by atoms with Crippen molar-refractivity contribution in [3.8, 4) is 0 Å². The van der Waals surface area contributed by atoms with Crippen LogP contribution in [-0.2, 0) is 4.79 Å². The lowest BCUT2D eigenvalue weighted by Gasteiger charge is -2.12. The van der Waals surface area contributed by atoms with E-state index in [1.807, 2.05) is 31.3 Å². The number of carboxylic acids is 1. The fourth-order valence-corrected chi connectivity index (χ4v) is 2.06. The number of rotatable bonds is 5. The van der Waals surface area contributed by atoms with Gasteiger partial charge < -0.3 is 14.8 Å². The number of furan rings is 1. The molecule has 0 saturated carbocycles. The van der Waals surface area contributed by atoms with Crippen LogP contribution < -0.4 is 5.32 Å². The van der Waals surface area contributed by atoms with Gasteiger partial charge in [-0.15, -0.1) is 0 Å². The van der Waals surface area contributed by atoms with Crippen LogP contribution in [0, 0.1) is 0 Å². The highest BCUT2D eigenvalue weighted by Crippen LogP contribution is 2.29. The van der Waals surface area contributed by atoms with Gasteiger partial charge in [0.05, 0.1) is 12.7 Å². The topological polar surface area (TPSA) is 62.5 Å². The summed E-state index contributed by atoms with van der Waals surface area (Å²) in [5, 5.41) is 12.9. The number of fused-ring (bicyclic) bond motifs is 1. The molecule has 0 aliphatic rings. The van der Waals surface area contributed by atoms with Gasteiger partial charge in [0.25, 0.3) is 0 Å². The van der Waals surface area contributed by atoms with Gasteiger partial charge in [0.2, 0.25) is 0 Å². The minimum Gasteiger partial charge on any atom is -0.481 e. The van der Waals surface area contributed by atoms with Crippen LogP contribution in [0.5, 0.6) is 0 Å². The van der Waals surface area contributed by atoms with E-state index in [1.54, 1.807) is 6.26 Å². The highest BCUT2D eigenvalue weighted by atomic mass is 16.4. The van der Waals surface area contributed by atoms with Gasteiger partial charge in [0.1, 0.15) is 5.58 Å². The lowest BCUT2D eigenvalue weighted by atomic mass is 9.95. The Kier molecular flexibility index (Phi) is 3.44. The molecule has 2 N–H and O–H groups in total. The molecule has 0 spiro atoms. The molecular weight excluding hydrogens is 218 g/mol. The van der Waals surface area contributed by atoms with Gasteiger partial charge in [-0.3, -0.25) is 4.79 Å². The average Bonchev–Trinajstić information content (AvgIpc) is 2.71. The SMILES string of the molecule is CNCC(CC(=O)O)c1coc2ccccc12. The molecule has 1 heterocycles. The van der Waals surface area contributed by atoms with Crippen molar-refractivity contribution in [3.63, 3.8) is 0 Å². The third-order valence-corrected chi connectivity index (χ3v) is 2.82. The zero-order valence-electron chi connectivity index (χ0n) is 9.64. The van der Waals surface area contributed by atoms with E-state index in [9.17, 15) is 4.79 Å². The highest BCUT2D eigenvalue weighted by Gasteiger charge is 2.19. The molecule has 90 valence electrons. The van der Waals surface area contributed by atoms with Crippen LogP contribution in [0.15, 0.2) is 34.9 Å². The highest BCUT2D eigenvalue weighted by molar-refractivity contribution is 5.82. The van der Waals surface area contributed by atoms with Crippen LogP contribution in [0.25, 0.3) is 11.0 Å². The summed E-state index contributed by atoms with van der Waals surface area (Å²) in [6.07, 6.45) is 1.76. The smallest absolute Gasteiger partial charge is 0.304 e. The molecule has 0 bridgehead atoms. The minimum atomic E-state index is -0.796. The van der Waals surface area contributed by atoms with Crippen molar-refractivity contribution in [3.05, 3.63) is 36.1 Å². The van der Waals surface area contributed by atoms with Crippen molar-refractivity contribution in [2.24, 2.45) is 0 Å². The van der Waals surface area contributed by atoms with Crippen molar-refractivity contribution < 1.29 is 14.3 Å². The molecule has 0 aliphatic carbocycles. The van der Waals surface area contributed by atoms with Crippen molar-refractivity contribution in [1.29, 1.82) is 0 Å². The van der Waals surface area contributed by atoms with Crippen molar-refractivity contribution in [2.45, 2.75) is 12.3 Å². The molecule has 1 aromatic heterocycles. The number of carbonyl (C=O) groups is 1. The number of hydrogen-bond acceptors (Lipinski definition) is 3. The second kappa shape index (κ2) is 5.01. The molecule has 0 saturated heterocycles. The lowest BCUT2D eigenvalue weighted by molar-refractivity contribution is -0.137. The van der Waals surface area contributed by atoms with E-state index in [1.165, 1.54) is 0 Å². The zero-order chi connectivity index (χ0) is 12.3. The predicted molar refractivity (Wildman–Crippen MR) is 65.1 cm³/mol. The van der Waals surface area contributed by atoms with Crippen LogP contribution >= 0.6 is 0 Å². The van der Waals surface area contributed by atoms with Crippen LogP contribution in [0.4, 0.5) is 0 Å². The second-order valence-corrected chi connectivity index (χ2v) is 4.04. The van der Waals surface area contributed by atoms with E-state index in [4.69, 9.17) is 9.52 Å². The largest absolute Gasteiger partial charge is 0.481 e. The monoisotopic (exact) mass is 233 g/mol. The normalized spacial score (nSPS) is 12.8. The van der Waals surface area contributed by atoms with Gasteiger partial charge in [0.15, 0.2) is 0 Å². The number of carboxylic acid groups (broad SMARTS) is 1. The fraction of sp³-hybridized carbons (Fsp3) is 0.308. The number of aliphatic carboxylic acids is 1. The van der Waals surface area contributed by atoms with Crippen LogP contribution in [0.2, 0.25) is 0 Å². The second-order valence-electron chi connectivity index (χ2n) is 4.04. The predicted octanol–water partition coefficient (Wildman–Crippen LogP) is 2.21. The lowest BCUT2D eigenvalue weighted by Crippen LogP contribution is -2.19. The number of nitrogens with one attached hydrogen (secondary N) is 1. The Labute approximate surface area is 99.2 Å². The van der Waals surface area contributed by atoms with E-state index in [0.717, 1.165) is 16.5 Å². The van der Waals surface area contributed by atoms with Crippen LogP contribution in [-0.4, -0.2) is 24.7 Å². The molecule has 4 nitrogen and oxygen atoms in total. The minimum absolute atomic E-state index is 0.0684. The van der Waals surface area contributed by atoms with Gasteiger partial charge in [-0.05, 0) is 13.1 Å². The van der Waals surface area contributed by atoms with Gasteiger partial charge >= 0.3 is 5.97 Å². The Morgan fingerprint density at radius 3 is 2.94 bits per heavy atom. The molecule has 17 heavy (non-hydrogen) atoms. The summed E-state index contributed by atoms with van der Waals surface area (Å²) in [5.74, 6) is -0.864. The molecular formula is C13H15NO3. The summed E-state index contributed by atoms with van der Waals surface area (Å²) >= 11 is 0. The molecule has 0 fully saturated rings. The molecule has 4 heteroatoms. The molecule has 2 aromatic rings. The molecule has 0 amide bonds. The van der Waals surface area contributed by atoms with E-state index >= 15 is 0 Å². The maximum atomic E-state index is 10.9. The summed E-state index contributed by atoms with van der Waals surface area (Å²) in [6.45, 7) is 0.621. The van der Waals surface area contributed by atoms with E-state index in [-0.39, 0.29) is 12.3 Å². The van der Waals surface area contributed by atoms with Crippen molar-refractivity contribution >= 4 is 16.9 Å². The molecule has 1 aromatic carbocycles. The Morgan fingerprint density at radius 1 is 1.47 bits per heavy atom. The third kappa shape index (κ3) is 2.47. The van der Waals surface area contributed by atoms with Crippen molar-refractivity contribution in [1.82, 2.24) is 5.32 Å². The third-order valence-electron chi connectivity index (χ3n) is 2.82. The molecule has 0 radical (unpaired) electrons. The standard InChI is InChI=1S/C13H15NO3/c1-14-7-9(6-13(15)16)11-8-17-12-5-3-2-4-10(11)12/h2-5,8-9,14H,6-7H2,1H3,(H,15,16). The number of hydrogen-bond donors (Lipinski definition) is 2. The number of benzene rings is 1. The van der Waals surface area contributed by atoms with Gasteiger partial charge in [-0.1, -0.05) is 18.2 Å². The summed E-state index contributed by atoms with van der Waals surface area (Å²) in [4.78, 5) is 10.9.